The number of benzene rings is 1. The van der Waals surface area contributed by atoms with Gasteiger partial charge < -0.3 is 9.84 Å². The van der Waals surface area contributed by atoms with Crippen LogP contribution in [0.4, 0.5) is 4.39 Å². The van der Waals surface area contributed by atoms with Gasteiger partial charge in [0, 0.05) is 24.7 Å². The van der Waals surface area contributed by atoms with E-state index in [1.54, 1.807) is 12.1 Å². The molecule has 1 aliphatic heterocycles. The number of halogens is 1. The minimum absolute atomic E-state index is 0.265. The minimum atomic E-state index is -1.23. The van der Waals surface area contributed by atoms with E-state index in [4.69, 9.17) is 9.84 Å². The van der Waals surface area contributed by atoms with Gasteiger partial charge in [0.1, 0.15) is 5.82 Å². The van der Waals surface area contributed by atoms with Gasteiger partial charge in [0.05, 0.1) is 18.8 Å². The highest BCUT2D eigenvalue weighted by Crippen LogP contribution is 2.19. The van der Waals surface area contributed by atoms with Gasteiger partial charge in [-0.2, -0.15) is 0 Å². The Bertz CT molecular complexity index is 464. The molecule has 1 saturated heterocycles. The number of ether oxygens (including phenoxy) is 1. The second-order valence-electron chi connectivity index (χ2n) is 4.69. The number of carbonyl (C=O) groups is 1. The first kappa shape index (κ1) is 14.0. The van der Waals surface area contributed by atoms with Crippen molar-refractivity contribution in [3.8, 4) is 0 Å². The van der Waals surface area contributed by atoms with Gasteiger partial charge in [0.15, 0.2) is 0 Å². The number of carboxylic acid groups (broad SMARTS) is 1. The van der Waals surface area contributed by atoms with Crippen molar-refractivity contribution in [1.29, 1.82) is 0 Å². The fourth-order valence-corrected chi connectivity index (χ4v) is 2.36. The Balaban J connectivity index is 2.18. The summed E-state index contributed by atoms with van der Waals surface area (Å²) in [7, 11) is 0. The topological polar surface area (TPSA) is 49.8 Å². The maximum Gasteiger partial charge on any atom is 0.338 e. The summed E-state index contributed by atoms with van der Waals surface area (Å²) < 4.78 is 19.5. The monoisotopic (exact) mass is 267 g/mol. The van der Waals surface area contributed by atoms with Crippen LogP contribution in [0.2, 0.25) is 0 Å². The van der Waals surface area contributed by atoms with Gasteiger partial charge in [-0.15, -0.1) is 0 Å². The van der Waals surface area contributed by atoms with Crippen LogP contribution in [0.1, 0.15) is 29.3 Å². The van der Waals surface area contributed by atoms with E-state index in [0.29, 0.717) is 25.3 Å². The molecule has 1 aliphatic rings. The molecule has 1 atom stereocenters. The number of morpholine rings is 1. The molecular weight excluding hydrogens is 249 g/mol. The highest BCUT2D eigenvalue weighted by molar-refractivity contribution is 5.88. The number of carboxylic acids is 1. The van der Waals surface area contributed by atoms with Crippen molar-refractivity contribution >= 4 is 5.97 Å². The number of aromatic carboxylic acids is 1. The Hall–Kier alpha value is -1.46. The van der Waals surface area contributed by atoms with Gasteiger partial charge in [-0.3, -0.25) is 4.90 Å². The van der Waals surface area contributed by atoms with Crippen LogP contribution in [0.3, 0.4) is 0 Å². The van der Waals surface area contributed by atoms with Gasteiger partial charge in [0.2, 0.25) is 0 Å². The third kappa shape index (κ3) is 3.11. The van der Waals surface area contributed by atoms with E-state index in [-0.39, 0.29) is 11.6 Å². The number of nitrogens with zero attached hydrogens (tertiary/aromatic N) is 1. The predicted molar refractivity (Wildman–Crippen MR) is 68.7 cm³/mol. The molecule has 1 N–H and O–H groups in total. The molecule has 0 bridgehead atoms. The first-order valence-electron chi connectivity index (χ1n) is 6.46. The summed E-state index contributed by atoms with van der Waals surface area (Å²) in [6, 6.07) is 4.78. The fourth-order valence-electron chi connectivity index (χ4n) is 2.36. The summed E-state index contributed by atoms with van der Waals surface area (Å²) in [6.45, 7) is 4.52. The molecule has 4 nitrogen and oxygen atoms in total. The smallest absolute Gasteiger partial charge is 0.338 e. The van der Waals surface area contributed by atoms with Crippen molar-refractivity contribution < 1.29 is 19.0 Å². The van der Waals surface area contributed by atoms with Crippen LogP contribution >= 0.6 is 0 Å². The van der Waals surface area contributed by atoms with Crippen LogP contribution < -0.4 is 0 Å². The molecule has 1 fully saturated rings. The average Bonchev–Trinajstić information content (AvgIpc) is 2.41. The average molecular weight is 267 g/mol. The lowest BCUT2D eigenvalue weighted by Crippen LogP contribution is -2.44. The molecule has 0 radical (unpaired) electrons. The lowest BCUT2D eigenvalue weighted by Gasteiger charge is -2.35. The number of rotatable bonds is 4. The van der Waals surface area contributed by atoms with Crippen LogP contribution in [-0.2, 0) is 11.3 Å². The lowest BCUT2D eigenvalue weighted by molar-refractivity contribution is -0.0131. The first-order valence-corrected chi connectivity index (χ1v) is 6.46. The summed E-state index contributed by atoms with van der Waals surface area (Å²) in [6.07, 6.45) is 0.931. The van der Waals surface area contributed by atoms with Crippen LogP contribution in [0.25, 0.3) is 0 Å². The Labute approximate surface area is 111 Å². The normalized spacial score (nSPS) is 20.4. The molecule has 1 aromatic rings. The predicted octanol–water partition coefficient (Wildman–Crippen LogP) is 2.13. The molecule has 1 aromatic carbocycles. The Morgan fingerprint density at radius 2 is 2.37 bits per heavy atom. The van der Waals surface area contributed by atoms with E-state index >= 15 is 0 Å². The van der Waals surface area contributed by atoms with E-state index < -0.39 is 11.8 Å². The number of hydrogen-bond donors (Lipinski definition) is 1. The quantitative estimate of drug-likeness (QED) is 0.908. The van der Waals surface area contributed by atoms with Crippen molar-refractivity contribution in [2.45, 2.75) is 25.9 Å². The van der Waals surface area contributed by atoms with E-state index in [1.165, 1.54) is 6.07 Å². The second-order valence-corrected chi connectivity index (χ2v) is 4.69. The van der Waals surface area contributed by atoms with Crippen molar-refractivity contribution in [1.82, 2.24) is 4.90 Å². The van der Waals surface area contributed by atoms with Crippen LogP contribution in [-0.4, -0.2) is 41.8 Å². The zero-order valence-electron chi connectivity index (χ0n) is 10.9. The maximum absolute atomic E-state index is 14.1. The Kier molecular flexibility index (Phi) is 4.50. The molecular formula is C14H18FNO3. The molecule has 2 rings (SSSR count). The van der Waals surface area contributed by atoms with Crippen molar-refractivity contribution in [2.24, 2.45) is 0 Å². The van der Waals surface area contributed by atoms with Gasteiger partial charge in [-0.1, -0.05) is 19.1 Å². The molecule has 19 heavy (non-hydrogen) atoms. The summed E-state index contributed by atoms with van der Waals surface area (Å²) in [4.78, 5) is 13.1. The van der Waals surface area contributed by atoms with Gasteiger partial charge in [0.25, 0.3) is 0 Å². The molecule has 0 aliphatic carbocycles. The molecule has 1 unspecified atom stereocenters. The van der Waals surface area contributed by atoms with Gasteiger partial charge in [-0.05, 0) is 12.5 Å². The van der Waals surface area contributed by atoms with Crippen LogP contribution in [0.5, 0.6) is 0 Å². The van der Waals surface area contributed by atoms with Gasteiger partial charge >= 0.3 is 5.97 Å². The fraction of sp³-hybridized carbons (Fsp3) is 0.500. The first-order chi connectivity index (χ1) is 9.13. The van der Waals surface area contributed by atoms with Gasteiger partial charge in [-0.25, -0.2) is 9.18 Å². The highest BCUT2D eigenvalue weighted by Gasteiger charge is 2.23. The molecule has 104 valence electrons. The minimum Gasteiger partial charge on any atom is -0.478 e. The Morgan fingerprint density at radius 1 is 1.58 bits per heavy atom. The zero-order chi connectivity index (χ0) is 13.8. The molecule has 0 amide bonds. The standard InChI is InChI=1S/C14H18FNO3/c1-2-11-9-19-7-6-16(11)8-10-4-3-5-12(13(10)15)14(17)18/h3-5,11H,2,6-9H2,1H3,(H,17,18). The lowest BCUT2D eigenvalue weighted by atomic mass is 10.1. The summed E-state index contributed by atoms with van der Waals surface area (Å²) >= 11 is 0. The van der Waals surface area contributed by atoms with Crippen LogP contribution in [0, 0.1) is 5.82 Å². The highest BCUT2D eigenvalue weighted by atomic mass is 19.1. The molecule has 0 spiro atoms. The second kappa shape index (κ2) is 6.12. The van der Waals surface area contributed by atoms with E-state index in [2.05, 4.69) is 11.8 Å². The third-order valence-electron chi connectivity index (χ3n) is 3.50. The zero-order valence-corrected chi connectivity index (χ0v) is 10.9. The largest absolute Gasteiger partial charge is 0.478 e. The molecule has 0 saturated carbocycles. The summed E-state index contributed by atoms with van der Waals surface area (Å²) in [5.74, 6) is -1.86. The third-order valence-corrected chi connectivity index (χ3v) is 3.50. The Morgan fingerprint density at radius 3 is 3.05 bits per heavy atom. The summed E-state index contributed by atoms with van der Waals surface area (Å²) in [5.41, 5.74) is 0.166. The molecule has 5 heteroatoms. The number of hydrogen-bond acceptors (Lipinski definition) is 3. The van der Waals surface area contributed by atoms with Crippen molar-refractivity contribution in [2.75, 3.05) is 19.8 Å². The SMILES string of the molecule is CCC1COCCN1Cc1cccc(C(=O)O)c1F. The maximum atomic E-state index is 14.1. The van der Waals surface area contributed by atoms with Crippen molar-refractivity contribution in [3.63, 3.8) is 0 Å². The molecule has 0 aromatic heterocycles. The van der Waals surface area contributed by atoms with E-state index in [1.807, 2.05) is 0 Å². The van der Waals surface area contributed by atoms with E-state index in [0.717, 1.165) is 13.0 Å². The van der Waals surface area contributed by atoms with E-state index in [9.17, 15) is 9.18 Å². The van der Waals surface area contributed by atoms with Crippen LogP contribution in [0.15, 0.2) is 18.2 Å². The molecule has 1 heterocycles. The van der Waals surface area contributed by atoms with Crippen molar-refractivity contribution in [3.05, 3.63) is 35.1 Å². The summed E-state index contributed by atoms with van der Waals surface area (Å²) in [5, 5.41) is 8.92.